The molecule has 0 bridgehead atoms. The van der Waals surface area contributed by atoms with Gasteiger partial charge in [0.15, 0.2) is 0 Å². The van der Waals surface area contributed by atoms with E-state index in [1.165, 1.54) is 0 Å². The van der Waals surface area contributed by atoms with Crippen LogP contribution >= 0.6 is 0 Å². The molecule has 0 radical (unpaired) electrons. The second kappa shape index (κ2) is 6.06. The summed E-state index contributed by atoms with van der Waals surface area (Å²) in [5, 5.41) is 9.07. The molecule has 0 aliphatic carbocycles. The lowest BCUT2D eigenvalue weighted by atomic mass is 9.88. The molecule has 0 saturated carbocycles. The van der Waals surface area contributed by atoms with Crippen molar-refractivity contribution in [1.82, 2.24) is 0 Å². The van der Waals surface area contributed by atoms with Crippen molar-refractivity contribution in [2.24, 2.45) is 11.7 Å². The van der Waals surface area contributed by atoms with Gasteiger partial charge in [0.25, 0.3) is 0 Å². The standard InChI is InChI=1S/C11H21NO4/c1-7-3-9(4-8(2)15-7)5-10(6-13)16-11(12)14/h7-10,13H,3-6H2,1-2H3,(H2,12,14)/t7-,8-,10-/m0/s1. The second-order valence-corrected chi connectivity index (χ2v) is 4.57. The molecule has 5 nitrogen and oxygen atoms in total. The highest BCUT2D eigenvalue weighted by Gasteiger charge is 2.27. The Morgan fingerprint density at radius 2 is 2.06 bits per heavy atom. The van der Waals surface area contributed by atoms with Gasteiger partial charge in [-0.1, -0.05) is 0 Å². The number of ether oxygens (including phenoxy) is 2. The summed E-state index contributed by atoms with van der Waals surface area (Å²) in [5.74, 6) is 0.412. The SMILES string of the molecule is C[C@H]1CC(C[C@@H](CO)OC(N)=O)C[C@H](C)O1. The molecule has 1 rings (SSSR count). The predicted octanol–water partition coefficient (Wildman–Crippen LogP) is 1.04. The van der Waals surface area contributed by atoms with E-state index >= 15 is 0 Å². The topological polar surface area (TPSA) is 81.8 Å². The van der Waals surface area contributed by atoms with Crippen molar-refractivity contribution >= 4 is 6.09 Å². The van der Waals surface area contributed by atoms with Crippen molar-refractivity contribution in [2.75, 3.05) is 6.61 Å². The number of hydrogen-bond acceptors (Lipinski definition) is 4. The number of aliphatic hydroxyl groups excluding tert-OH is 1. The largest absolute Gasteiger partial charge is 0.444 e. The lowest BCUT2D eigenvalue weighted by Crippen LogP contribution is -2.34. The zero-order valence-corrected chi connectivity index (χ0v) is 9.89. The van der Waals surface area contributed by atoms with Crippen LogP contribution in [0, 0.1) is 5.92 Å². The molecule has 1 heterocycles. The number of primary amides is 1. The van der Waals surface area contributed by atoms with Crippen LogP contribution in [-0.2, 0) is 9.47 Å². The van der Waals surface area contributed by atoms with Crippen molar-refractivity contribution in [3.63, 3.8) is 0 Å². The summed E-state index contributed by atoms with van der Waals surface area (Å²) in [7, 11) is 0. The molecule has 0 spiro atoms. The molecular weight excluding hydrogens is 210 g/mol. The monoisotopic (exact) mass is 231 g/mol. The summed E-state index contributed by atoms with van der Waals surface area (Å²) in [5.41, 5.74) is 4.93. The first kappa shape index (κ1) is 13.3. The maximum atomic E-state index is 10.6. The van der Waals surface area contributed by atoms with Crippen molar-refractivity contribution in [3.05, 3.63) is 0 Å². The Hall–Kier alpha value is -0.810. The minimum absolute atomic E-state index is 0.178. The smallest absolute Gasteiger partial charge is 0.404 e. The van der Waals surface area contributed by atoms with Crippen molar-refractivity contribution in [1.29, 1.82) is 0 Å². The van der Waals surface area contributed by atoms with Crippen LogP contribution in [0.5, 0.6) is 0 Å². The van der Waals surface area contributed by atoms with Gasteiger partial charge in [-0.25, -0.2) is 4.79 Å². The molecule has 1 aliphatic heterocycles. The van der Waals surface area contributed by atoms with Gasteiger partial charge < -0.3 is 20.3 Å². The summed E-state index contributed by atoms with van der Waals surface area (Å²) < 4.78 is 10.4. The first-order chi connectivity index (χ1) is 7.51. The van der Waals surface area contributed by atoms with Crippen molar-refractivity contribution < 1.29 is 19.4 Å². The summed E-state index contributed by atoms with van der Waals surface area (Å²) in [6.07, 6.45) is 1.65. The van der Waals surface area contributed by atoms with Gasteiger partial charge >= 0.3 is 6.09 Å². The molecule has 1 fully saturated rings. The fourth-order valence-electron chi connectivity index (χ4n) is 2.43. The van der Waals surface area contributed by atoms with Crippen LogP contribution in [0.25, 0.3) is 0 Å². The van der Waals surface area contributed by atoms with Crippen LogP contribution in [0.2, 0.25) is 0 Å². The molecule has 16 heavy (non-hydrogen) atoms. The molecule has 1 amide bonds. The fraction of sp³-hybridized carbons (Fsp3) is 0.909. The van der Waals surface area contributed by atoms with Crippen molar-refractivity contribution in [3.8, 4) is 0 Å². The Balaban J connectivity index is 2.41. The Morgan fingerprint density at radius 1 is 1.50 bits per heavy atom. The first-order valence-electron chi connectivity index (χ1n) is 5.73. The van der Waals surface area contributed by atoms with E-state index in [0.717, 1.165) is 12.8 Å². The van der Waals surface area contributed by atoms with E-state index in [2.05, 4.69) is 0 Å². The predicted molar refractivity (Wildman–Crippen MR) is 58.9 cm³/mol. The van der Waals surface area contributed by atoms with Gasteiger partial charge in [0, 0.05) is 0 Å². The van der Waals surface area contributed by atoms with E-state index in [4.69, 9.17) is 20.3 Å². The quantitative estimate of drug-likeness (QED) is 0.757. The highest BCUT2D eigenvalue weighted by molar-refractivity contribution is 5.64. The van der Waals surface area contributed by atoms with Crippen LogP contribution in [0.1, 0.15) is 33.1 Å². The third-order valence-corrected chi connectivity index (χ3v) is 2.88. The lowest BCUT2D eigenvalue weighted by Gasteiger charge is -2.33. The Labute approximate surface area is 95.9 Å². The summed E-state index contributed by atoms with van der Waals surface area (Å²) in [6.45, 7) is 3.89. The zero-order chi connectivity index (χ0) is 12.1. The van der Waals surface area contributed by atoms with E-state index in [1.807, 2.05) is 13.8 Å². The number of aliphatic hydroxyl groups is 1. The Kier molecular flexibility index (Phi) is 5.02. The molecule has 0 aromatic heterocycles. The van der Waals surface area contributed by atoms with Crippen LogP contribution in [0.4, 0.5) is 4.79 Å². The summed E-state index contributed by atoms with van der Waals surface area (Å²) >= 11 is 0. The van der Waals surface area contributed by atoms with Gasteiger partial charge in [-0.05, 0) is 39.0 Å². The van der Waals surface area contributed by atoms with Gasteiger partial charge in [-0.3, -0.25) is 0 Å². The van der Waals surface area contributed by atoms with E-state index < -0.39 is 12.2 Å². The molecule has 0 aromatic carbocycles. The number of carbonyl (C=O) groups is 1. The van der Waals surface area contributed by atoms with E-state index in [-0.39, 0.29) is 18.8 Å². The summed E-state index contributed by atoms with van der Waals surface area (Å²) in [4.78, 5) is 10.6. The zero-order valence-electron chi connectivity index (χ0n) is 9.89. The molecule has 3 atom stereocenters. The van der Waals surface area contributed by atoms with E-state index in [1.54, 1.807) is 0 Å². The molecular formula is C11H21NO4. The van der Waals surface area contributed by atoms with Gasteiger partial charge in [0.1, 0.15) is 6.10 Å². The van der Waals surface area contributed by atoms with Gasteiger partial charge in [0.05, 0.1) is 18.8 Å². The molecule has 94 valence electrons. The van der Waals surface area contributed by atoms with E-state index in [0.29, 0.717) is 12.3 Å². The average Bonchev–Trinajstić information content (AvgIpc) is 2.14. The van der Waals surface area contributed by atoms with Gasteiger partial charge in [-0.15, -0.1) is 0 Å². The van der Waals surface area contributed by atoms with Gasteiger partial charge in [-0.2, -0.15) is 0 Å². The number of nitrogens with two attached hydrogens (primary N) is 1. The van der Waals surface area contributed by atoms with Crippen LogP contribution in [0.3, 0.4) is 0 Å². The Morgan fingerprint density at radius 3 is 2.50 bits per heavy atom. The molecule has 0 aromatic rings. The minimum Gasteiger partial charge on any atom is -0.444 e. The molecule has 0 unspecified atom stereocenters. The highest BCUT2D eigenvalue weighted by Crippen LogP contribution is 2.28. The van der Waals surface area contributed by atoms with Crippen molar-refractivity contribution in [2.45, 2.75) is 51.4 Å². The maximum absolute atomic E-state index is 10.6. The Bertz CT molecular complexity index is 224. The normalized spacial score (nSPS) is 32.1. The van der Waals surface area contributed by atoms with Crippen LogP contribution in [-0.4, -0.2) is 36.1 Å². The second-order valence-electron chi connectivity index (χ2n) is 4.57. The number of rotatable bonds is 4. The maximum Gasteiger partial charge on any atom is 0.404 e. The number of carbonyl (C=O) groups excluding carboxylic acids is 1. The first-order valence-corrected chi connectivity index (χ1v) is 5.73. The third kappa shape index (κ3) is 4.37. The number of amides is 1. The van der Waals surface area contributed by atoms with Crippen LogP contribution in [0.15, 0.2) is 0 Å². The van der Waals surface area contributed by atoms with Gasteiger partial charge in [0.2, 0.25) is 0 Å². The third-order valence-electron chi connectivity index (χ3n) is 2.88. The average molecular weight is 231 g/mol. The fourth-order valence-corrected chi connectivity index (χ4v) is 2.43. The van der Waals surface area contributed by atoms with E-state index in [9.17, 15) is 4.79 Å². The minimum atomic E-state index is -0.827. The molecule has 1 saturated heterocycles. The molecule has 5 heteroatoms. The lowest BCUT2D eigenvalue weighted by molar-refractivity contribution is -0.0629. The molecule has 1 aliphatic rings. The number of hydrogen-bond donors (Lipinski definition) is 2. The van der Waals surface area contributed by atoms with Crippen LogP contribution < -0.4 is 5.73 Å². The summed E-state index contributed by atoms with van der Waals surface area (Å²) in [6, 6.07) is 0. The molecule has 3 N–H and O–H groups in total. The highest BCUT2D eigenvalue weighted by atomic mass is 16.6.